The number of ether oxygens (including phenoxy) is 1. The monoisotopic (exact) mass is 305 g/mol. The van der Waals surface area contributed by atoms with Gasteiger partial charge in [-0.3, -0.25) is 9.59 Å². The molecule has 0 unspecified atom stereocenters. The van der Waals surface area contributed by atoms with Gasteiger partial charge >= 0.3 is 0 Å². The zero-order valence-corrected chi connectivity index (χ0v) is 12.6. The molecule has 0 aliphatic carbocycles. The highest BCUT2D eigenvalue weighted by Gasteiger charge is 2.32. The van der Waals surface area contributed by atoms with Crippen molar-refractivity contribution >= 4 is 11.8 Å². The van der Waals surface area contributed by atoms with Crippen LogP contribution in [0.1, 0.15) is 24.8 Å². The Morgan fingerprint density at radius 2 is 1.95 bits per heavy atom. The van der Waals surface area contributed by atoms with Gasteiger partial charge in [-0.05, 0) is 18.4 Å². The van der Waals surface area contributed by atoms with E-state index in [0.717, 1.165) is 12.0 Å². The summed E-state index contributed by atoms with van der Waals surface area (Å²) in [4.78, 5) is 25.3. The second-order valence-corrected chi connectivity index (χ2v) is 5.52. The first kappa shape index (κ1) is 16.5. The third-order valence-corrected chi connectivity index (χ3v) is 3.80. The molecule has 0 spiro atoms. The maximum atomic E-state index is 12.6. The van der Waals surface area contributed by atoms with Crippen molar-refractivity contribution in [3.63, 3.8) is 0 Å². The Labute approximate surface area is 130 Å². The molecule has 2 atom stereocenters. The molecule has 1 aromatic carbocycles. The molecular weight excluding hydrogens is 282 g/mol. The highest BCUT2D eigenvalue weighted by Crippen LogP contribution is 2.21. The first-order valence-electron chi connectivity index (χ1n) is 7.56. The minimum absolute atomic E-state index is 0.0522. The second-order valence-electron chi connectivity index (χ2n) is 5.52. The summed E-state index contributed by atoms with van der Waals surface area (Å²) in [6, 6.07) is 9.65. The van der Waals surface area contributed by atoms with Crippen molar-refractivity contribution in [2.24, 2.45) is 11.5 Å². The molecule has 6 nitrogen and oxygen atoms in total. The molecular formula is C16H23N3O3. The van der Waals surface area contributed by atoms with Crippen molar-refractivity contribution in [2.75, 3.05) is 13.1 Å². The molecule has 22 heavy (non-hydrogen) atoms. The topological polar surface area (TPSA) is 98.7 Å². The molecule has 4 N–H and O–H groups in total. The standard InChI is InChI=1S/C16H23N3O3/c17-10-13-6-7-14(22-13)16(21)19(9-8-15(18)20)11-12-4-2-1-3-5-12/h1-5,13-14H,6-11,17H2,(H2,18,20)/t13-,14+/m1/s1. The molecule has 0 radical (unpaired) electrons. The van der Waals surface area contributed by atoms with Crippen LogP contribution in [0.15, 0.2) is 30.3 Å². The van der Waals surface area contributed by atoms with Crippen molar-refractivity contribution in [1.29, 1.82) is 0 Å². The lowest BCUT2D eigenvalue weighted by Crippen LogP contribution is -2.40. The zero-order valence-electron chi connectivity index (χ0n) is 12.6. The Morgan fingerprint density at radius 1 is 1.23 bits per heavy atom. The van der Waals surface area contributed by atoms with Crippen LogP contribution in [-0.2, 0) is 20.9 Å². The van der Waals surface area contributed by atoms with E-state index in [-0.39, 0.29) is 18.4 Å². The molecule has 1 aliphatic heterocycles. The van der Waals surface area contributed by atoms with Crippen LogP contribution in [0.3, 0.4) is 0 Å². The first-order chi connectivity index (χ1) is 10.6. The maximum Gasteiger partial charge on any atom is 0.252 e. The van der Waals surface area contributed by atoms with Gasteiger partial charge in [-0.15, -0.1) is 0 Å². The van der Waals surface area contributed by atoms with Crippen molar-refractivity contribution in [1.82, 2.24) is 4.90 Å². The summed E-state index contributed by atoms with van der Waals surface area (Å²) in [6.07, 6.45) is 1.09. The van der Waals surface area contributed by atoms with Crippen LogP contribution in [-0.4, -0.2) is 42.0 Å². The van der Waals surface area contributed by atoms with Gasteiger partial charge in [-0.25, -0.2) is 0 Å². The van der Waals surface area contributed by atoms with E-state index in [1.165, 1.54) is 0 Å². The smallest absolute Gasteiger partial charge is 0.252 e. The number of hydrogen-bond donors (Lipinski definition) is 2. The predicted molar refractivity (Wildman–Crippen MR) is 82.6 cm³/mol. The number of carbonyl (C=O) groups is 2. The van der Waals surface area contributed by atoms with Crippen LogP contribution in [0.25, 0.3) is 0 Å². The number of amides is 2. The first-order valence-corrected chi connectivity index (χ1v) is 7.56. The molecule has 2 amide bonds. The van der Waals surface area contributed by atoms with E-state index in [2.05, 4.69) is 0 Å². The quantitative estimate of drug-likeness (QED) is 0.761. The Bertz CT molecular complexity index is 507. The molecule has 1 heterocycles. The number of carbonyl (C=O) groups excluding carboxylic acids is 2. The normalized spacial score (nSPS) is 20.8. The number of benzene rings is 1. The van der Waals surface area contributed by atoms with Crippen LogP contribution < -0.4 is 11.5 Å². The number of primary amides is 1. The number of rotatable bonds is 7. The molecule has 1 aromatic rings. The van der Waals surface area contributed by atoms with E-state index in [1.807, 2.05) is 30.3 Å². The number of hydrogen-bond acceptors (Lipinski definition) is 4. The Morgan fingerprint density at radius 3 is 2.55 bits per heavy atom. The summed E-state index contributed by atoms with van der Waals surface area (Å²) in [5.74, 6) is -0.515. The van der Waals surface area contributed by atoms with E-state index in [9.17, 15) is 9.59 Å². The number of nitrogens with zero attached hydrogens (tertiary/aromatic N) is 1. The summed E-state index contributed by atoms with van der Waals surface area (Å²) in [6.45, 7) is 1.17. The van der Waals surface area contributed by atoms with Gasteiger partial charge in [0.2, 0.25) is 5.91 Å². The summed E-state index contributed by atoms with van der Waals surface area (Å²) < 4.78 is 5.67. The van der Waals surface area contributed by atoms with Gasteiger partial charge in [0.05, 0.1) is 6.10 Å². The molecule has 0 aromatic heterocycles. The fraction of sp³-hybridized carbons (Fsp3) is 0.500. The Kier molecular flexibility index (Phi) is 5.91. The fourth-order valence-electron chi connectivity index (χ4n) is 2.58. The van der Waals surface area contributed by atoms with Crippen molar-refractivity contribution in [3.8, 4) is 0 Å². The van der Waals surface area contributed by atoms with Gasteiger partial charge in [0.25, 0.3) is 5.91 Å². The average Bonchev–Trinajstić information content (AvgIpc) is 3.00. The molecule has 0 saturated carbocycles. The highest BCUT2D eigenvalue weighted by molar-refractivity contribution is 5.82. The summed E-state index contributed by atoms with van der Waals surface area (Å²) in [5.41, 5.74) is 11.8. The second kappa shape index (κ2) is 7.91. The van der Waals surface area contributed by atoms with Gasteiger partial charge in [-0.2, -0.15) is 0 Å². The van der Waals surface area contributed by atoms with Crippen molar-refractivity contribution in [3.05, 3.63) is 35.9 Å². The molecule has 1 aliphatic rings. The van der Waals surface area contributed by atoms with Crippen molar-refractivity contribution < 1.29 is 14.3 Å². The van der Waals surface area contributed by atoms with Gasteiger partial charge in [-0.1, -0.05) is 30.3 Å². The summed E-state index contributed by atoms with van der Waals surface area (Å²) in [7, 11) is 0. The van der Waals surface area contributed by atoms with Crippen LogP contribution in [0.2, 0.25) is 0 Å². The van der Waals surface area contributed by atoms with Gasteiger partial charge < -0.3 is 21.1 Å². The molecule has 2 rings (SSSR count). The van der Waals surface area contributed by atoms with E-state index in [1.54, 1.807) is 4.90 Å². The van der Waals surface area contributed by atoms with E-state index >= 15 is 0 Å². The van der Waals surface area contributed by atoms with Crippen LogP contribution in [0, 0.1) is 0 Å². The van der Waals surface area contributed by atoms with E-state index in [4.69, 9.17) is 16.2 Å². The minimum atomic E-state index is -0.467. The summed E-state index contributed by atoms with van der Waals surface area (Å²) in [5, 5.41) is 0. The van der Waals surface area contributed by atoms with Crippen LogP contribution >= 0.6 is 0 Å². The molecule has 6 heteroatoms. The maximum absolute atomic E-state index is 12.6. The fourth-order valence-corrected chi connectivity index (χ4v) is 2.58. The van der Waals surface area contributed by atoms with Crippen LogP contribution in [0.4, 0.5) is 0 Å². The van der Waals surface area contributed by atoms with E-state index < -0.39 is 12.0 Å². The summed E-state index contributed by atoms with van der Waals surface area (Å²) >= 11 is 0. The van der Waals surface area contributed by atoms with Gasteiger partial charge in [0.15, 0.2) is 0 Å². The molecule has 0 bridgehead atoms. The lowest BCUT2D eigenvalue weighted by molar-refractivity contribution is -0.143. The third-order valence-electron chi connectivity index (χ3n) is 3.80. The third kappa shape index (κ3) is 4.54. The SMILES string of the molecule is NC[C@H]1CC[C@@H](C(=O)N(CCC(N)=O)Cc2ccccc2)O1. The molecule has 1 fully saturated rings. The molecule has 1 saturated heterocycles. The van der Waals surface area contributed by atoms with E-state index in [0.29, 0.717) is 26.1 Å². The average molecular weight is 305 g/mol. The van der Waals surface area contributed by atoms with Gasteiger partial charge in [0.1, 0.15) is 6.10 Å². The van der Waals surface area contributed by atoms with Gasteiger partial charge in [0, 0.05) is 26.1 Å². The molecule has 120 valence electrons. The lowest BCUT2D eigenvalue weighted by atomic mass is 10.1. The zero-order chi connectivity index (χ0) is 15.9. The predicted octanol–water partition coefficient (Wildman–Crippen LogP) is 0.397. The Balaban J connectivity index is 2.03. The Hall–Kier alpha value is -1.92. The lowest BCUT2D eigenvalue weighted by Gasteiger charge is -2.25. The van der Waals surface area contributed by atoms with Crippen LogP contribution in [0.5, 0.6) is 0 Å². The van der Waals surface area contributed by atoms with Crippen molar-refractivity contribution in [2.45, 2.75) is 38.0 Å². The minimum Gasteiger partial charge on any atom is -0.370 e. The highest BCUT2D eigenvalue weighted by atomic mass is 16.5. The largest absolute Gasteiger partial charge is 0.370 e. The number of nitrogens with two attached hydrogens (primary N) is 2.